The van der Waals surface area contributed by atoms with E-state index in [-0.39, 0.29) is 22.2 Å². The highest BCUT2D eigenvalue weighted by molar-refractivity contribution is 6.05. The minimum Gasteiger partial charge on any atom is -0.326 e. The molecule has 3 rings (SSSR count). The maximum atomic E-state index is 13.8. The van der Waals surface area contributed by atoms with Crippen molar-refractivity contribution in [2.75, 3.05) is 10.6 Å². The third kappa shape index (κ3) is 6.40. The molecule has 0 aliphatic rings. The lowest BCUT2D eigenvalue weighted by atomic mass is 10.1. The Balaban J connectivity index is 1.86. The van der Waals surface area contributed by atoms with Crippen LogP contribution in [0.15, 0.2) is 54.7 Å². The number of amides is 2. The number of carbonyl (C=O) groups excluding carboxylic acids is 2. The summed E-state index contributed by atoms with van der Waals surface area (Å²) in [6.45, 7) is 3.76. The van der Waals surface area contributed by atoms with Gasteiger partial charge < -0.3 is 10.6 Å². The summed E-state index contributed by atoms with van der Waals surface area (Å²) in [6.07, 6.45) is -8.93. The summed E-state index contributed by atoms with van der Waals surface area (Å²) in [7, 11) is 0. The zero-order valence-electron chi connectivity index (χ0n) is 18.5. The molecular weight excluding hydrogens is 478 g/mol. The Morgan fingerprint density at radius 2 is 1.51 bits per heavy atom. The fraction of sp³-hybridized carbons (Fsp3) is 0.261. The van der Waals surface area contributed by atoms with Gasteiger partial charge in [-0.1, -0.05) is 19.9 Å². The minimum atomic E-state index is -5.10. The zero-order valence-corrected chi connectivity index (χ0v) is 18.5. The van der Waals surface area contributed by atoms with Gasteiger partial charge in [0.15, 0.2) is 5.69 Å². The van der Waals surface area contributed by atoms with E-state index in [1.165, 1.54) is 24.3 Å². The van der Waals surface area contributed by atoms with Gasteiger partial charge in [0.25, 0.3) is 5.91 Å². The van der Waals surface area contributed by atoms with E-state index >= 15 is 0 Å². The van der Waals surface area contributed by atoms with Crippen LogP contribution in [0.4, 0.5) is 37.7 Å². The molecule has 1 heterocycles. The normalized spacial score (nSPS) is 12.0. The molecule has 0 bridgehead atoms. The average molecular weight is 498 g/mol. The fourth-order valence-electron chi connectivity index (χ4n) is 3.22. The molecule has 0 atom stereocenters. The van der Waals surface area contributed by atoms with Crippen LogP contribution in [0.1, 0.15) is 41.9 Å². The second-order valence-corrected chi connectivity index (χ2v) is 8.04. The smallest absolute Gasteiger partial charge is 0.326 e. The maximum Gasteiger partial charge on any atom is 0.434 e. The number of rotatable bonds is 6. The van der Waals surface area contributed by atoms with Crippen molar-refractivity contribution < 1.29 is 35.9 Å². The number of carbonyl (C=O) groups is 2. The van der Waals surface area contributed by atoms with Gasteiger partial charge in [0, 0.05) is 17.8 Å². The molecular formula is C23H20F6N4O2. The van der Waals surface area contributed by atoms with E-state index in [0.717, 1.165) is 12.1 Å². The van der Waals surface area contributed by atoms with Gasteiger partial charge in [-0.2, -0.15) is 31.4 Å². The Labute approximate surface area is 195 Å². The van der Waals surface area contributed by atoms with Crippen LogP contribution in [-0.2, 0) is 17.1 Å². The second kappa shape index (κ2) is 9.80. The van der Waals surface area contributed by atoms with E-state index in [1.54, 1.807) is 0 Å². The molecule has 2 aromatic carbocycles. The number of halogens is 6. The minimum absolute atomic E-state index is 0.136. The lowest BCUT2D eigenvalue weighted by Crippen LogP contribution is -2.21. The van der Waals surface area contributed by atoms with Gasteiger partial charge in [-0.3, -0.25) is 9.59 Å². The molecule has 0 radical (unpaired) electrons. The van der Waals surface area contributed by atoms with Gasteiger partial charge in [-0.05, 0) is 48.4 Å². The van der Waals surface area contributed by atoms with Crippen LogP contribution in [0.5, 0.6) is 0 Å². The quantitative estimate of drug-likeness (QED) is 0.401. The number of benzene rings is 2. The van der Waals surface area contributed by atoms with Crippen LogP contribution in [-0.4, -0.2) is 21.6 Å². The third-order valence-corrected chi connectivity index (χ3v) is 4.72. The lowest BCUT2D eigenvalue weighted by Gasteiger charge is -2.14. The number of anilines is 2. The van der Waals surface area contributed by atoms with Crippen LogP contribution in [0, 0.1) is 5.92 Å². The fourth-order valence-corrected chi connectivity index (χ4v) is 3.22. The topological polar surface area (TPSA) is 76.0 Å². The Kier molecular flexibility index (Phi) is 7.22. The number of alkyl halides is 6. The number of hydrogen-bond donors (Lipinski definition) is 2. The molecule has 0 saturated heterocycles. The summed E-state index contributed by atoms with van der Waals surface area (Å²) in [5, 5.41) is 8.49. The Morgan fingerprint density at radius 1 is 0.914 bits per heavy atom. The standard InChI is InChI=1S/C23H20F6N4O2/c1-13(2)10-19(34)31-15-6-8-16(9-7-15)32-21(35)18-12-30-33(20(18)23(27,28)29)17-5-3-4-14(11-17)22(24,25)26/h3-9,11-13H,10H2,1-2H3,(H,31,34)(H,32,35). The van der Waals surface area contributed by atoms with Crippen molar-refractivity contribution in [2.24, 2.45) is 5.92 Å². The summed E-state index contributed by atoms with van der Waals surface area (Å²) >= 11 is 0. The van der Waals surface area contributed by atoms with E-state index in [9.17, 15) is 35.9 Å². The molecule has 3 aromatic rings. The molecule has 2 N–H and O–H groups in total. The van der Waals surface area contributed by atoms with Crippen molar-refractivity contribution in [3.63, 3.8) is 0 Å². The molecule has 0 fully saturated rings. The van der Waals surface area contributed by atoms with Crippen molar-refractivity contribution in [1.82, 2.24) is 9.78 Å². The molecule has 0 aliphatic heterocycles. The van der Waals surface area contributed by atoms with Gasteiger partial charge in [0.1, 0.15) is 0 Å². The van der Waals surface area contributed by atoms with E-state index < -0.39 is 40.8 Å². The van der Waals surface area contributed by atoms with Crippen LogP contribution < -0.4 is 10.6 Å². The van der Waals surface area contributed by atoms with Crippen molar-refractivity contribution in [2.45, 2.75) is 32.6 Å². The predicted octanol–water partition coefficient (Wildman–Crippen LogP) is 6.15. The van der Waals surface area contributed by atoms with Crippen LogP contribution in [0.3, 0.4) is 0 Å². The van der Waals surface area contributed by atoms with Gasteiger partial charge in [-0.25, -0.2) is 4.68 Å². The highest BCUT2D eigenvalue weighted by Crippen LogP contribution is 2.36. The molecule has 0 spiro atoms. The van der Waals surface area contributed by atoms with Crippen LogP contribution in [0.2, 0.25) is 0 Å². The highest BCUT2D eigenvalue weighted by atomic mass is 19.4. The molecule has 186 valence electrons. The molecule has 0 aliphatic carbocycles. The summed E-state index contributed by atoms with van der Waals surface area (Å²) in [4.78, 5) is 24.5. The number of nitrogens with one attached hydrogen (secondary N) is 2. The molecule has 6 nitrogen and oxygen atoms in total. The second-order valence-electron chi connectivity index (χ2n) is 8.04. The van der Waals surface area contributed by atoms with E-state index in [0.29, 0.717) is 30.4 Å². The van der Waals surface area contributed by atoms with Crippen molar-refractivity contribution >= 4 is 23.2 Å². The summed E-state index contributed by atoms with van der Waals surface area (Å²) < 4.78 is 80.7. The average Bonchev–Trinajstić information content (AvgIpc) is 3.20. The monoisotopic (exact) mass is 498 g/mol. The summed E-state index contributed by atoms with van der Waals surface area (Å²) in [6, 6.07) is 8.88. The van der Waals surface area contributed by atoms with Crippen LogP contribution >= 0.6 is 0 Å². The van der Waals surface area contributed by atoms with Gasteiger partial charge in [0.2, 0.25) is 5.91 Å². The molecule has 2 amide bonds. The Hall–Kier alpha value is -3.83. The maximum absolute atomic E-state index is 13.8. The SMILES string of the molecule is CC(C)CC(=O)Nc1ccc(NC(=O)c2cnn(-c3cccc(C(F)(F)F)c3)c2C(F)(F)F)cc1. The van der Waals surface area contributed by atoms with Gasteiger partial charge in [0.05, 0.1) is 23.0 Å². The van der Waals surface area contributed by atoms with E-state index in [4.69, 9.17) is 0 Å². The molecule has 12 heteroatoms. The van der Waals surface area contributed by atoms with Crippen molar-refractivity contribution in [1.29, 1.82) is 0 Å². The molecule has 0 unspecified atom stereocenters. The first-order valence-corrected chi connectivity index (χ1v) is 10.3. The van der Waals surface area contributed by atoms with Crippen LogP contribution in [0.25, 0.3) is 5.69 Å². The summed E-state index contributed by atoms with van der Waals surface area (Å²) in [5.74, 6) is -1.23. The van der Waals surface area contributed by atoms with Gasteiger partial charge in [-0.15, -0.1) is 0 Å². The van der Waals surface area contributed by atoms with Crippen molar-refractivity contribution in [3.05, 3.63) is 71.5 Å². The Bertz CT molecular complexity index is 1210. The summed E-state index contributed by atoms with van der Waals surface area (Å²) in [5.41, 5.74) is -3.49. The molecule has 1 aromatic heterocycles. The number of aromatic nitrogens is 2. The largest absolute Gasteiger partial charge is 0.434 e. The first-order valence-electron chi connectivity index (χ1n) is 10.3. The first-order chi connectivity index (χ1) is 16.3. The first kappa shape index (κ1) is 25.8. The van der Waals surface area contributed by atoms with Gasteiger partial charge >= 0.3 is 12.4 Å². The Morgan fingerprint density at radius 3 is 2.06 bits per heavy atom. The van der Waals surface area contributed by atoms with Crippen molar-refractivity contribution in [3.8, 4) is 5.69 Å². The third-order valence-electron chi connectivity index (χ3n) is 4.72. The highest BCUT2D eigenvalue weighted by Gasteiger charge is 2.41. The molecule has 35 heavy (non-hydrogen) atoms. The zero-order chi connectivity index (χ0) is 26.0. The lowest BCUT2D eigenvalue weighted by molar-refractivity contribution is -0.143. The van der Waals surface area contributed by atoms with E-state index in [2.05, 4.69) is 15.7 Å². The molecule has 0 saturated carbocycles. The number of nitrogens with zero attached hydrogens (tertiary/aromatic N) is 2. The van der Waals surface area contributed by atoms with E-state index in [1.807, 2.05) is 13.8 Å². The predicted molar refractivity (Wildman–Crippen MR) is 116 cm³/mol. The number of hydrogen-bond acceptors (Lipinski definition) is 3.